The van der Waals surface area contributed by atoms with Gasteiger partial charge in [0.05, 0.1) is 0 Å². The summed E-state index contributed by atoms with van der Waals surface area (Å²) < 4.78 is 0. The van der Waals surface area contributed by atoms with Crippen LogP contribution in [0.15, 0.2) is 71.9 Å². The van der Waals surface area contributed by atoms with Crippen LogP contribution in [0.5, 0.6) is 0 Å². The minimum atomic E-state index is 0.421. The molecule has 0 aliphatic carbocycles. The topological polar surface area (TPSA) is 52.0 Å². The fourth-order valence-electron chi connectivity index (χ4n) is 1.83. The van der Waals surface area contributed by atoms with E-state index < -0.39 is 0 Å². The van der Waals surface area contributed by atoms with Crippen molar-refractivity contribution < 1.29 is 0 Å². The number of benzene rings is 2. The maximum atomic E-state index is 6.12. The molecule has 0 spiro atoms. The summed E-state index contributed by atoms with van der Waals surface area (Å²) in [7, 11) is 0. The van der Waals surface area contributed by atoms with Crippen LogP contribution in [0.2, 0.25) is 0 Å². The van der Waals surface area contributed by atoms with E-state index in [4.69, 9.17) is 11.5 Å². The van der Waals surface area contributed by atoms with Gasteiger partial charge >= 0.3 is 0 Å². The zero-order valence-corrected chi connectivity index (χ0v) is 10.8. The Balaban J connectivity index is 2.27. The van der Waals surface area contributed by atoms with Crippen LogP contribution in [-0.2, 0) is 0 Å². The fraction of sp³-hybridized carbons (Fsp3) is 0.0588. The van der Waals surface area contributed by atoms with Gasteiger partial charge in [-0.25, -0.2) is 0 Å². The van der Waals surface area contributed by atoms with E-state index in [-0.39, 0.29) is 0 Å². The van der Waals surface area contributed by atoms with Gasteiger partial charge in [-0.1, -0.05) is 60.7 Å². The van der Waals surface area contributed by atoms with Crippen molar-refractivity contribution in [2.24, 2.45) is 11.5 Å². The smallest absolute Gasteiger partial charge is 0.0365 e. The van der Waals surface area contributed by atoms with Crippen molar-refractivity contribution in [2.75, 3.05) is 6.54 Å². The van der Waals surface area contributed by atoms with Crippen molar-refractivity contribution in [3.8, 4) is 0 Å². The second kappa shape index (κ2) is 6.57. The molecule has 0 aromatic heterocycles. The summed E-state index contributed by atoms with van der Waals surface area (Å²) in [6.45, 7) is 0.421. The van der Waals surface area contributed by atoms with Crippen LogP contribution in [0.4, 0.5) is 0 Å². The third kappa shape index (κ3) is 3.83. The maximum absolute atomic E-state index is 6.12. The second-order valence-corrected chi connectivity index (χ2v) is 4.29. The highest BCUT2D eigenvalue weighted by Crippen LogP contribution is 2.13. The van der Waals surface area contributed by atoms with E-state index in [1.54, 1.807) is 0 Å². The predicted octanol–water partition coefficient (Wildman–Crippen LogP) is 3.03. The SMILES string of the molecule is NCC(=Cc1ccccc1)C(N)=Cc1ccccc1. The molecule has 0 unspecified atom stereocenters. The van der Waals surface area contributed by atoms with Crippen molar-refractivity contribution in [2.45, 2.75) is 0 Å². The summed E-state index contributed by atoms with van der Waals surface area (Å²) in [6.07, 6.45) is 3.97. The number of nitrogens with two attached hydrogens (primary N) is 2. The van der Waals surface area contributed by atoms with Gasteiger partial charge in [0.1, 0.15) is 0 Å². The highest BCUT2D eigenvalue weighted by Gasteiger charge is 1.99. The third-order valence-corrected chi connectivity index (χ3v) is 2.85. The first-order valence-electron chi connectivity index (χ1n) is 6.28. The van der Waals surface area contributed by atoms with E-state index >= 15 is 0 Å². The molecule has 0 heterocycles. The molecule has 2 rings (SSSR count). The van der Waals surface area contributed by atoms with E-state index in [1.807, 2.05) is 72.8 Å². The van der Waals surface area contributed by atoms with Crippen molar-refractivity contribution in [3.63, 3.8) is 0 Å². The molecular formula is C17H18N2. The maximum Gasteiger partial charge on any atom is 0.0365 e. The van der Waals surface area contributed by atoms with Gasteiger partial charge in [0.15, 0.2) is 0 Å². The van der Waals surface area contributed by atoms with Crippen LogP contribution >= 0.6 is 0 Å². The Labute approximate surface area is 114 Å². The molecule has 0 amide bonds. The molecule has 0 bridgehead atoms. The van der Waals surface area contributed by atoms with Crippen molar-refractivity contribution >= 4 is 12.2 Å². The molecule has 0 saturated heterocycles. The Morgan fingerprint density at radius 3 is 1.74 bits per heavy atom. The number of hydrogen-bond acceptors (Lipinski definition) is 2. The summed E-state index contributed by atoms with van der Waals surface area (Å²) in [6, 6.07) is 20.0. The predicted molar refractivity (Wildman–Crippen MR) is 82.1 cm³/mol. The first kappa shape index (κ1) is 13.1. The van der Waals surface area contributed by atoms with E-state index in [1.165, 1.54) is 0 Å². The van der Waals surface area contributed by atoms with Crippen molar-refractivity contribution in [1.82, 2.24) is 0 Å². The summed E-state index contributed by atoms with van der Waals surface area (Å²) in [5.74, 6) is 0. The zero-order valence-electron chi connectivity index (χ0n) is 10.8. The van der Waals surface area contributed by atoms with E-state index in [0.717, 1.165) is 16.7 Å². The van der Waals surface area contributed by atoms with Gasteiger partial charge in [0, 0.05) is 12.2 Å². The molecule has 0 atom stereocenters. The Bertz CT molecular complexity index is 569. The number of hydrogen-bond donors (Lipinski definition) is 2. The quantitative estimate of drug-likeness (QED) is 0.819. The molecule has 2 heteroatoms. The minimum absolute atomic E-state index is 0.421. The van der Waals surface area contributed by atoms with Crippen LogP contribution in [0.3, 0.4) is 0 Å². The summed E-state index contributed by atoms with van der Waals surface area (Å²) in [5, 5.41) is 0. The van der Waals surface area contributed by atoms with Crippen LogP contribution in [0.1, 0.15) is 11.1 Å². The van der Waals surface area contributed by atoms with Gasteiger partial charge in [-0.15, -0.1) is 0 Å². The molecule has 0 aliphatic rings. The summed E-state index contributed by atoms with van der Waals surface area (Å²) in [4.78, 5) is 0. The molecule has 0 radical (unpaired) electrons. The highest BCUT2D eigenvalue weighted by atomic mass is 14.6. The molecular weight excluding hydrogens is 232 g/mol. The Hall–Kier alpha value is -2.32. The molecule has 2 nitrogen and oxygen atoms in total. The minimum Gasteiger partial charge on any atom is -0.398 e. The molecule has 19 heavy (non-hydrogen) atoms. The summed E-state index contributed by atoms with van der Waals surface area (Å²) >= 11 is 0. The van der Waals surface area contributed by atoms with Crippen LogP contribution in [-0.4, -0.2) is 6.54 Å². The lowest BCUT2D eigenvalue weighted by Crippen LogP contribution is -2.11. The van der Waals surface area contributed by atoms with Crippen LogP contribution in [0, 0.1) is 0 Å². The largest absolute Gasteiger partial charge is 0.398 e. The molecule has 0 saturated carbocycles. The average molecular weight is 250 g/mol. The lowest BCUT2D eigenvalue weighted by atomic mass is 10.1. The van der Waals surface area contributed by atoms with E-state index in [9.17, 15) is 0 Å². The average Bonchev–Trinajstić information content (AvgIpc) is 2.47. The zero-order chi connectivity index (χ0) is 13.5. The van der Waals surface area contributed by atoms with Crippen LogP contribution < -0.4 is 11.5 Å². The number of rotatable bonds is 4. The Morgan fingerprint density at radius 2 is 1.26 bits per heavy atom. The monoisotopic (exact) mass is 250 g/mol. The highest BCUT2D eigenvalue weighted by molar-refractivity contribution is 5.65. The lowest BCUT2D eigenvalue weighted by molar-refractivity contribution is 1.14. The lowest BCUT2D eigenvalue weighted by Gasteiger charge is -2.06. The van der Waals surface area contributed by atoms with Gasteiger partial charge in [-0.05, 0) is 28.9 Å². The van der Waals surface area contributed by atoms with Gasteiger partial charge in [-0.3, -0.25) is 0 Å². The molecule has 2 aromatic rings. The van der Waals surface area contributed by atoms with Crippen LogP contribution in [0.25, 0.3) is 12.2 Å². The Kier molecular flexibility index (Phi) is 4.54. The Morgan fingerprint density at radius 1 is 0.789 bits per heavy atom. The van der Waals surface area contributed by atoms with E-state index in [2.05, 4.69) is 0 Å². The van der Waals surface area contributed by atoms with Crippen molar-refractivity contribution in [3.05, 3.63) is 83.1 Å². The van der Waals surface area contributed by atoms with Crippen molar-refractivity contribution in [1.29, 1.82) is 0 Å². The van der Waals surface area contributed by atoms with Gasteiger partial charge in [0.25, 0.3) is 0 Å². The van der Waals surface area contributed by atoms with E-state index in [0.29, 0.717) is 12.2 Å². The third-order valence-electron chi connectivity index (χ3n) is 2.85. The molecule has 2 aromatic carbocycles. The molecule has 96 valence electrons. The molecule has 4 N–H and O–H groups in total. The fourth-order valence-corrected chi connectivity index (χ4v) is 1.83. The first-order chi connectivity index (χ1) is 9.29. The molecule has 0 fully saturated rings. The van der Waals surface area contributed by atoms with Gasteiger partial charge in [-0.2, -0.15) is 0 Å². The van der Waals surface area contributed by atoms with Gasteiger partial charge < -0.3 is 11.5 Å². The molecule has 0 aliphatic heterocycles. The summed E-state index contributed by atoms with van der Waals surface area (Å²) in [5.41, 5.74) is 15.7. The second-order valence-electron chi connectivity index (χ2n) is 4.29. The standard InChI is InChI=1S/C17H18N2/c18-13-16(11-14-7-3-1-4-8-14)17(19)12-15-9-5-2-6-10-15/h1-12H,13,18-19H2. The first-order valence-corrected chi connectivity index (χ1v) is 6.28. The normalized spacial score (nSPS) is 12.5. The van der Waals surface area contributed by atoms with Gasteiger partial charge in [0.2, 0.25) is 0 Å².